The molecule has 0 saturated heterocycles. The van der Waals surface area contributed by atoms with E-state index in [9.17, 15) is 8.42 Å². The highest BCUT2D eigenvalue weighted by Crippen LogP contribution is 2.40. The number of rotatable bonds is 5. The highest BCUT2D eigenvalue weighted by molar-refractivity contribution is 7.92. The number of methoxy groups -OCH3 is 1. The molecular weight excluding hydrogens is 376 g/mol. The normalized spacial score (nSPS) is 16.7. The van der Waals surface area contributed by atoms with Gasteiger partial charge in [0.15, 0.2) is 0 Å². The lowest BCUT2D eigenvalue weighted by Gasteiger charge is -2.32. The van der Waals surface area contributed by atoms with Crippen LogP contribution < -0.4 is 14.2 Å². The molecule has 3 rings (SSSR count). The summed E-state index contributed by atoms with van der Waals surface area (Å²) in [7, 11) is 1.77. The van der Waals surface area contributed by atoms with Crippen LogP contribution >= 0.6 is 11.6 Å². The molecule has 1 heterocycles. The molecule has 140 valence electrons. The van der Waals surface area contributed by atoms with E-state index < -0.39 is 10.0 Å². The van der Waals surface area contributed by atoms with Crippen molar-refractivity contribution in [1.82, 2.24) is 4.90 Å². The number of hydrogen-bond donors (Lipinski definition) is 1. The van der Waals surface area contributed by atoms with Gasteiger partial charge in [0.1, 0.15) is 18.1 Å². The minimum Gasteiger partial charge on any atom is -0.496 e. The van der Waals surface area contributed by atoms with E-state index in [4.69, 9.17) is 21.1 Å². The number of ether oxygens (including phenoxy) is 2. The van der Waals surface area contributed by atoms with E-state index in [2.05, 4.69) is 9.62 Å². The molecule has 6 nitrogen and oxygen atoms in total. The van der Waals surface area contributed by atoms with Crippen molar-refractivity contribution in [3.05, 3.63) is 47.0 Å². The maximum atomic E-state index is 12.7. The summed E-state index contributed by atoms with van der Waals surface area (Å²) in [6.07, 6.45) is 0.707. The molecule has 0 aromatic heterocycles. The molecule has 0 spiro atoms. The first-order valence-corrected chi connectivity index (χ1v) is 9.95. The lowest BCUT2D eigenvalue weighted by molar-refractivity contribution is 0.164. The maximum absolute atomic E-state index is 12.7. The second kappa shape index (κ2) is 7.34. The van der Waals surface area contributed by atoms with Crippen LogP contribution in [0.3, 0.4) is 0 Å². The van der Waals surface area contributed by atoms with Crippen LogP contribution in [-0.2, 0) is 16.4 Å². The van der Waals surface area contributed by atoms with E-state index in [-0.39, 0.29) is 10.9 Å². The minimum absolute atomic E-state index is 0.0940. The lowest BCUT2D eigenvalue weighted by atomic mass is 10.00. The monoisotopic (exact) mass is 396 g/mol. The molecule has 0 amide bonds. The molecule has 2 aromatic carbocycles. The predicted octanol–water partition coefficient (Wildman–Crippen LogP) is 3.01. The van der Waals surface area contributed by atoms with E-state index in [0.29, 0.717) is 35.2 Å². The first-order valence-electron chi connectivity index (χ1n) is 8.09. The SMILES string of the molecule is COc1ccc(NS(=O)(=O)c2cccc(Cl)c2)c2c1C[C@@H](N(C)C)CO2. The van der Waals surface area contributed by atoms with Crippen LogP contribution in [0.5, 0.6) is 11.5 Å². The first-order chi connectivity index (χ1) is 12.3. The van der Waals surface area contributed by atoms with Gasteiger partial charge < -0.3 is 14.4 Å². The van der Waals surface area contributed by atoms with E-state index in [1.165, 1.54) is 12.1 Å². The molecule has 1 aliphatic heterocycles. The van der Waals surface area contributed by atoms with Crippen LogP contribution in [0.1, 0.15) is 5.56 Å². The quantitative estimate of drug-likeness (QED) is 0.841. The molecule has 0 saturated carbocycles. The van der Waals surface area contributed by atoms with Gasteiger partial charge in [0.2, 0.25) is 0 Å². The molecule has 1 N–H and O–H groups in total. The Morgan fingerprint density at radius 1 is 1.27 bits per heavy atom. The third-order valence-corrected chi connectivity index (χ3v) is 5.98. The zero-order chi connectivity index (χ0) is 18.9. The Morgan fingerprint density at radius 3 is 2.69 bits per heavy atom. The van der Waals surface area contributed by atoms with Crippen LogP contribution in [-0.4, -0.2) is 47.2 Å². The third kappa shape index (κ3) is 3.75. The number of likely N-dealkylation sites (N-methyl/N-ethyl adjacent to an activating group) is 1. The molecule has 0 fully saturated rings. The first kappa shape index (κ1) is 18.8. The summed E-state index contributed by atoms with van der Waals surface area (Å²) >= 11 is 5.92. The van der Waals surface area contributed by atoms with E-state index in [1.54, 1.807) is 31.4 Å². The van der Waals surface area contributed by atoms with Crippen molar-refractivity contribution in [1.29, 1.82) is 0 Å². The Morgan fingerprint density at radius 2 is 2.04 bits per heavy atom. The number of nitrogens with one attached hydrogen (secondary N) is 1. The number of fused-ring (bicyclic) bond motifs is 1. The zero-order valence-electron chi connectivity index (χ0n) is 14.8. The maximum Gasteiger partial charge on any atom is 0.262 e. The summed E-state index contributed by atoms with van der Waals surface area (Å²) in [5.41, 5.74) is 1.24. The highest BCUT2D eigenvalue weighted by atomic mass is 35.5. The molecule has 26 heavy (non-hydrogen) atoms. The Balaban J connectivity index is 1.98. The van der Waals surface area contributed by atoms with Gasteiger partial charge in [-0.3, -0.25) is 4.72 Å². The van der Waals surface area contributed by atoms with Gasteiger partial charge in [-0.2, -0.15) is 0 Å². The second-order valence-electron chi connectivity index (χ2n) is 6.32. The van der Waals surface area contributed by atoms with Crippen LogP contribution in [0.25, 0.3) is 0 Å². The second-order valence-corrected chi connectivity index (χ2v) is 8.44. The fraction of sp³-hybridized carbons (Fsp3) is 0.333. The number of halogens is 1. The number of sulfonamides is 1. The van der Waals surface area contributed by atoms with Crippen LogP contribution in [0, 0.1) is 0 Å². The van der Waals surface area contributed by atoms with Crippen molar-refractivity contribution in [3.8, 4) is 11.5 Å². The number of benzene rings is 2. The number of anilines is 1. The van der Waals surface area contributed by atoms with Crippen molar-refractivity contribution in [2.45, 2.75) is 17.4 Å². The fourth-order valence-corrected chi connectivity index (χ4v) is 4.25. The molecule has 1 aliphatic rings. The summed E-state index contributed by atoms with van der Waals surface area (Å²) in [5.74, 6) is 1.19. The smallest absolute Gasteiger partial charge is 0.262 e. The molecule has 0 aliphatic carbocycles. The zero-order valence-corrected chi connectivity index (χ0v) is 16.4. The van der Waals surface area contributed by atoms with Gasteiger partial charge in [-0.25, -0.2) is 8.42 Å². The van der Waals surface area contributed by atoms with Crippen LogP contribution in [0.2, 0.25) is 5.02 Å². The van der Waals surface area contributed by atoms with Gasteiger partial charge in [-0.1, -0.05) is 17.7 Å². The number of hydrogen-bond acceptors (Lipinski definition) is 5. The van der Waals surface area contributed by atoms with Gasteiger partial charge >= 0.3 is 0 Å². The molecule has 0 radical (unpaired) electrons. The predicted molar refractivity (Wildman–Crippen MR) is 102 cm³/mol. The topological polar surface area (TPSA) is 67.9 Å². The third-order valence-electron chi connectivity index (χ3n) is 4.38. The van der Waals surface area contributed by atoms with Crippen molar-refractivity contribution in [2.24, 2.45) is 0 Å². The van der Waals surface area contributed by atoms with Gasteiger partial charge in [0.05, 0.1) is 17.7 Å². The van der Waals surface area contributed by atoms with Crippen molar-refractivity contribution < 1.29 is 17.9 Å². The summed E-state index contributed by atoms with van der Waals surface area (Å²) in [5, 5.41) is 0.356. The molecule has 2 aromatic rings. The van der Waals surface area contributed by atoms with Gasteiger partial charge in [0.25, 0.3) is 10.0 Å². The standard InChI is InChI=1S/C18H21ClN2O4S/c1-21(2)13-10-15-17(24-3)8-7-16(18(15)25-11-13)20-26(22,23)14-6-4-5-12(19)9-14/h4-9,13,20H,10-11H2,1-3H3/t13-/m1/s1. The van der Waals surface area contributed by atoms with Gasteiger partial charge in [0, 0.05) is 16.6 Å². The van der Waals surface area contributed by atoms with Gasteiger partial charge in [-0.15, -0.1) is 0 Å². The van der Waals surface area contributed by atoms with Gasteiger partial charge in [-0.05, 0) is 50.8 Å². The molecule has 8 heteroatoms. The Labute approximate surface area is 158 Å². The summed E-state index contributed by atoms with van der Waals surface area (Å²) < 4.78 is 39.3. The van der Waals surface area contributed by atoms with Crippen LogP contribution in [0.15, 0.2) is 41.3 Å². The van der Waals surface area contributed by atoms with E-state index in [1.807, 2.05) is 14.1 Å². The molecule has 1 atom stereocenters. The van der Waals surface area contributed by atoms with E-state index in [0.717, 1.165) is 5.56 Å². The van der Waals surface area contributed by atoms with Crippen LogP contribution in [0.4, 0.5) is 5.69 Å². The minimum atomic E-state index is -3.78. The largest absolute Gasteiger partial charge is 0.496 e. The lowest BCUT2D eigenvalue weighted by Crippen LogP contribution is -2.38. The van der Waals surface area contributed by atoms with E-state index >= 15 is 0 Å². The van der Waals surface area contributed by atoms with Crippen molar-refractivity contribution in [3.63, 3.8) is 0 Å². The Kier molecular flexibility index (Phi) is 5.32. The molecular formula is C18H21ClN2O4S. The Bertz CT molecular complexity index is 915. The summed E-state index contributed by atoms with van der Waals surface area (Å²) in [6, 6.07) is 9.71. The Hall–Kier alpha value is -1.96. The molecule has 0 unspecified atom stereocenters. The average Bonchev–Trinajstić information content (AvgIpc) is 2.61. The number of nitrogens with zero attached hydrogens (tertiary/aromatic N) is 1. The van der Waals surface area contributed by atoms with Crippen molar-refractivity contribution >= 4 is 27.3 Å². The molecule has 0 bridgehead atoms. The summed E-state index contributed by atoms with van der Waals surface area (Å²) in [4.78, 5) is 2.17. The highest BCUT2D eigenvalue weighted by Gasteiger charge is 2.28. The van der Waals surface area contributed by atoms with Crippen molar-refractivity contribution in [2.75, 3.05) is 32.5 Å². The average molecular weight is 397 g/mol. The fourth-order valence-electron chi connectivity index (χ4n) is 2.88. The summed E-state index contributed by atoms with van der Waals surface area (Å²) in [6.45, 7) is 0.471.